The fourth-order valence-corrected chi connectivity index (χ4v) is 2.58. The summed E-state index contributed by atoms with van der Waals surface area (Å²) in [5, 5.41) is 0. The van der Waals surface area contributed by atoms with Gasteiger partial charge in [-0.3, -0.25) is 0 Å². The van der Waals surface area contributed by atoms with E-state index in [4.69, 9.17) is 0 Å². The molecule has 1 heterocycles. The van der Waals surface area contributed by atoms with Gasteiger partial charge in [-0.15, -0.1) is 0 Å². The van der Waals surface area contributed by atoms with Crippen molar-refractivity contribution in [1.82, 2.24) is 9.80 Å². The first kappa shape index (κ1) is 14.0. The van der Waals surface area contributed by atoms with Gasteiger partial charge in [0.1, 0.15) is 0 Å². The van der Waals surface area contributed by atoms with Crippen LogP contribution < -0.4 is 0 Å². The molecule has 1 saturated heterocycles. The first-order valence-corrected chi connectivity index (χ1v) is 6.89. The second kappa shape index (κ2) is 6.02. The molecule has 2 heteroatoms. The molecular weight excluding hydrogens is 196 g/mol. The lowest BCUT2D eigenvalue weighted by Crippen LogP contribution is -2.45. The van der Waals surface area contributed by atoms with Crippen LogP contribution in [0.4, 0.5) is 0 Å². The van der Waals surface area contributed by atoms with Crippen LogP contribution in [-0.4, -0.2) is 49.1 Å². The van der Waals surface area contributed by atoms with Gasteiger partial charge in [0.15, 0.2) is 0 Å². The third-order valence-corrected chi connectivity index (χ3v) is 4.12. The van der Waals surface area contributed by atoms with Crippen molar-refractivity contribution >= 4 is 0 Å². The predicted molar refractivity (Wildman–Crippen MR) is 71.8 cm³/mol. The van der Waals surface area contributed by atoms with Gasteiger partial charge in [-0.25, -0.2) is 0 Å². The van der Waals surface area contributed by atoms with Gasteiger partial charge in [0.25, 0.3) is 0 Å². The quantitative estimate of drug-likeness (QED) is 0.711. The molecule has 1 fully saturated rings. The van der Waals surface area contributed by atoms with E-state index >= 15 is 0 Å². The molecule has 0 spiro atoms. The molecule has 1 aliphatic heterocycles. The Hall–Kier alpha value is -0.0800. The third kappa shape index (κ3) is 4.06. The van der Waals surface area contributed by atoms with E-state index in [-0.39, 0.29) is 0 Å². The van der Waals surface area contributed by atoms with Crippen LogP contribution in [0.3, 0.4) is 0 Å². The van der Waals surface area contributed by atoms with Crippen molar-refractivity contribution < 1.29 is 0 Å². The molecule has 0 N–H and O–H groups in total. The van der Waals surface area contributed by atoms with Gasteiger partial charge in [-0.1, -0.05) is 13.8 Å². The topological polar surface area (TPSA) is 6.48 Å². The molecule has 1 rings (SSSR count). The van der Waals surface area contributed by atoms with Crippen molar-refractivity contribution in [2.24, 2.45) is 5.41 Å². The average molecular weight is 226 g/mol. The van der Waals surface area contributed by atoms with Crippen molar-refractivity contribution in [2.45, 2.75) is 53.0 Å². The van der Waals surface area contributed by atoms with Crippen LogP contribution in [0.25, 0.3) is 0 Å². The first-order valence-electron chi connectivity index (χ1n) is 6.89. The zero-order chi connectivity index (χ0) is 12.2. The third-order valence-electron chi connectivity index (χ3n) is 4.12. The summed E-state index contributed by atoms with van der Waals surface area (Å²) in [4.78, 5) is 5.12. The van der Waals surface area contributed by atoms with Crippen LogP contribution in [0.2, 0.25) is 0 Å². The predicted octanol–water partition coefficient (Wildman–Crippen LogP) is 2.84. The van der Waals surface area contributed by atoms with E-state index in [0.29, 0.717) is 11.5 Å². The Morgan fingerprint density at radius 1 is 1.25 bits per heavy atom. The summed E-state index contributed by atoms with van der Waals surface area (Å²) in [5.74, 6) is 0. The van der Waals surface area contributed by atoms with E-state index in [2.05, 4.69) is 44.5 Å². The molecule has 16 heavy (non-hydrogen) atoms. The average Bonchev–Trinajstić information content (AvgIpc) is 2.22. The highest BCUT2D eigenvalue weighted by atomic mass is 15.2. The zero-order valence-corrected chi connectivity index (χ0v) is 11.9. The summed E-state index contributed by atoms with van der Waals surface area (Å²) in [6.45, 7) is 14.5. The van der Waals surface area contributed by atoms with Gasteiger partial charge in [0.2, 0.25) is 0 Å². The molecule has 0 amide bonds. The molecule has 0 aromatic rings. The van der Waals surface area contributed by atoms with Crippen LogP contribution >= 0.6 is 0 Å². The van der Waals surface area contributed by atoms with Crippen molar-refractivity contribution in [3.05, 3.63) is 0 Å². The SMILES string of the molecule is CCCN1CCC(C)(CN(C)C(C)C)CC1. The Labute approximate surface area is 102 Å². The molecule has 0 aromatic carbocycles. The van der Waals surface area contributed by atoms with Crippen molar-refractivity contribution in [3.8, 4) is 0 Å². The van der Waals surface area contributed by atoms with Gasteiger partial charge in [-0.05, 0) is 65.2 Å². The molecule has 0 atom stereocenters. The smallest absolute Gasteiger partial charge is 0.00359 e. The fraction of sp³-hybridized carbons (Fsp3) is 1.00. The highest BCUT2D eigenvalue weighted by Crippen LogP contribution is 2.31. The summed E-state index contributed by atoms with van der Waals surface area (Å²) in [5.41, 5.74) is 0.545. The standard InChI is InChI=1S/C14H30N2/c1-6-9-16-10-7-14(4,8-11-16)12-15(5)13(2)3/h13H,6-12H2,1-5H3. The lowest BCUT2D eigenvalue weighted by Gasteiger charge is -2.42. The summed E-state index contributed by atoms with van der Waals surface area (Å²) in [6.07, 6.45) is 4.02. The normalized spacial score (nSPS) is 21.9. The summed E-state index contributed by atoms with van der Waals surface area (Å²) >= 11 is 0. The molecule has 0 unspecified atom stereocenters. The van der Waals surface area contributed by atoms with E-state index in [9.17, 15) is 0 Å². The summed E-state index contributed by atoms with van der Waals surface area (Å²) in [6, 6.07) is 0.672. The minimum absolute atomic E-state index is 0.545. The van der Waals surface area contributed by atoms with Crippen LogP contribution in [0, 0.1) is 5.41 Å². The molecule has 1 aliphatic rings. The second-order valence-electron chi connectivity index (χ2n) is 6.16. The van der Waals surface area contributed by atoms with E-state index in [1.54, 1.807) is 0 Å². The number of hydrogen-bond acceptors (Lipinski definition) is 2. The Morgan fingerprint density at radius 3 is 2.25 bits per heavy atom. The maximum absolute atomic E-state index is 2.62. The molecule has 96 valence electrons. The van der Waals surface area contributed by atoms with Crippen molar-refractivity contribution in [1.29, 1.82) is 0 Å². The van der Waals surface area contributed by atoms with Gasteiger partial charge in [-0.2, -0.15) is 0 Å². The van der Waals surface area contributed by atoms with Gasteiger partial charge < -0.3 is 9.80 Å². The lowest BCUT2D eigenvalue weighted by molar-refractivity contribution is 0.0746. The highest BCUT2D eigenvalue weighted by molar-refractivity contribution is 4.85. The molecule has 0 saturated carbocycles. The molecule has 0 bridgehead atoms. The molecule has 0 aliphatic carbocycles. The number of nitrogens with zero attached hydrogens (tertiary/aromatic N) is 2. The minimum atomic E-state index is 0.545. The van der Waals surface area contributed by atoms with Crippen LogP contribution in [0.5, 0.6) is 0 Å². The van der Waals surface area contributed by atoms with Crippen molar-refractivity contribution in [3.63, 3.8) is 0 Å². The first-order chi connectivity index (χ1) is 7.47. The second-order valence-corrected chi connectivity index (χ2v) is 6.16. The highest BCUT2D eigenvalue weighted by Gasteiger charge is 2.31. The Morgan fingerprint density at radius 2 is 1.81 bits per heavy atom. The van der Waals surface area contributed by atoms with E-state index in [1.807, 2.05) is 0 Å². The van der Waals surface area contributed by atoms with E-state index in [0.717, 1.165) is 0 Å². The van der Waals surface area contributed by atoms with E-state index in [1.165, 1.54) is 45.4 Å². The lowest BCUT2D eigenvalue weighted by atomic mass is 9.79. The Bertz CT molecular complexity index is 193. The largest absolute Gasteiger partial charge is 0.303 e. The van der Waals surface area contributed by atoms with E-state index < -0.39 is 0 Å². The fourth-order valence-electron chi connectivity index (χ4n) is 2.58. The number of likely N-dealkylation sites (tertiary alicyclic amines) is 1. The van der Waals surface area contributed by atoms with Gasteiger partial charge in [0.05, 0.1) is 0 Å². The Balaban J connectivity index is 2.37. The minimum Gasteiger partial charge on any atom is -0.303 e. The zero-order valence-electron chi connectivity index (χ0n) is 11.9. The Kier molecular flexibility index (Phi) is 5.26. The molecule has 0 radical (unpaired) electrons. The maximum atomic E-state index is 2.62. The van der Waals surface area contributed by atoms with Crippen LogP contribution in [0.15, 0.2) is 0 Å². The number of hydrogen-bond donors (Lipinski definition) is 0. The molecule has 2 nitrogen and oxygen atoms in total. The maximum Gasteiger partial charge on any atom is 0.00359 e. The monoisotopic (exact) mass is 226 g/mol. The molecular formula is C14H30N2. The number of rotatable bonds is 5. The van der Waals surface area contributed by atoms with Gasteiger partial charge in [0, 0.05) is 12.6 Å². The van der Waals surface area contributed by atoms with Crippen LogP contribution in [0.1, 0.15) is 47.0 Å². The summed E-state index contributed by atoms with van der Waals surface area (Å²) < 4.78 is 0. The molecule has 0 aromatic heterocycles. The van der Waals surface area contributed by atoms with Crippen molar-refractivity contribution in [2.75, 3.05) is 33.2 Å². The van der Waals surface area contributed by atoms with Crippen LogP contribution in [-0.2, 0) is 0 Å². The summed E-state index contributed by atoms with van der Waals surface area (Å²) in [7, 11) is 2.26. The number of piperidine rings is 1. The van der Waals surface area contributed by atoms with Gasteiger partial charge >= 0.3 is 0 Å².